The van der Waals surface area contributed by atoms with E-state index in [1.165, 1.54) is 12.1 Å². The first-order valence-electron chi connectivity index (χ1n) is 6.11. The molecule has 2 aromatic carbocycles. The quantitative estimate of drug-likeness (QED) is 0.834. The number of carboxylic acid groups (broad SMARTS) is 1. The van der Waals surface area contributed by atoms with Gasteiger partial charge in [0.15, 0.2) is 17.3 Å². The van der Waals surface area contributed by atoms with Crippen molar-refractivity contribution in [2.24, 2.45) is 0 Å². The Morgan fingerprint density at radius 3 is 2.71 bits per heavy atom. The molecule has 0 heterocycles. The molecule has 0 unspecified atom stereocenters. The lowest BCUT2D eigenvalue weighted by Gasteiger charge is -2.12. The SMILES string of the molecule is Cc1cccc(Oc2c(Cl)cccc2/C=C/C(=O)O)c1F. The Morgan fingerprint density at radius 1 is 1.29 bits per heavy atom. The molecule has 2 aromatic rings. The molecule has 0 saturated heterocycles. The monoisotopic (exact) mass is 306 g/mol. The molecule has 108 valence electrons. The molecule has 0 saturated carbocycles. The van der Waals surface area contributed by atoms with E-state index in [9.17, 15) is 9.18 Å². The second-order valence-corrected chi connectivity index (χ2v) is 4.73. The Balaban J connectivity index is 2.43. The summed E-state index contributed by atoms with van der Waals surface area (Å²) in [7, 11) is 0. The van der Waals surface area contributed by atoms with Crippen LogP contribution in [0.5, 0.6) is 11.5 Å². The number of rotatable bonds is 4. The summed E-state index contributed by atoms with van der Waals surface area (Å²) in [6.07, 6.45) is 2.31. The third kappa shape index (κ3) is 3.61. The molecule has 3 nitrogen and oxygen atoms in total. The summed E-state index contributed by atoms with van der Waals surface area (Å²) in [6, 6.07) is 9.65. The van der Waals surface area contributed by atoms with Crippen LogP contribution in [0.15, 0.2) is 42.5 Å². The standard InChI is InChI=1S/C16H12ClFO3/c1-10-4-2-7-13(15(10)18)21-16-11(8-9-14(19)20)5-3-6-12(16)17/h2-9H,1H3,(H,19,20)/b9-8+. The molecular formula is C16H12ClFO3. The van der Waals surface area contributed by atoms with E-state index in [0.29, 0.717) is 11.1 Å². The van der Waals surface area contributed by atoms with E-state index in [-0.39, 0.29) is 16.5 Å². The van der Waals surface area contributed by atoms with Crippen LogP contribution in [0, 0.1) is 12.7 Å². The fourth-order valence-corrected chi connectivity index (χ4v) is 1.96. The van der Waals surface area contributed by atoms with Gasteiger partial charge in [-0.05, 0) is 30.7 Å². The number of aliphatic carboxylic acids is 1. The van der Waals surface area contributed by atoms with Gasteiger partial charge in [-0.25, -0.2) is 9.18 Å². The van der Waals surface area contributed by atoms with Crippen LogP contribution in [0.4, 0.5) is 4.39 Å². The molecule has 0 aliphatic heterocycles. The molecule has 0 atom stereocenters. The zero-order chi connectivity index (χ0) is 15.4. The highest BCUT2D eigenvalue weighted by Crippen LogP contribution is 2.35. The van der Waals surface area contributed by atoms with Crippen molar-refractivity contribution in [3.05, 3.63) is 64.4 Å². The second-order valence-electron chi connectivity index (χ2n) is 4.32. The van der Waals surface area contributed by atoms with Crippen LogP contribution in [0.3, 0.4) is 0 Å². The van der Waals surface area contributed by atoms with Gasteiger partial charge < -0.3 is 9.84 Å². The topological polar surface area (TPSA) is 46.5 Å². The second kappa shape index (κ2) is 6.41. The molecule has 2 rings (SSSR count). The number of halogens is 2. The van der Waals surface area contributed by atoms with Crippen molar-refractivity contribution in [2.45, 2.75) is 6.92 Å². The van der Waals surface area contributed by atoms with Crippen LogP contribution in [-0.4, -0.2) is 11.1 Å². The minimum atomic E-state index is -1.09. The van der Waals surface area contributed by atoms with E-state index in [1.54, 1.807) is 37.3 Å². The average Bonchev–Trinajstić information content (AvgIpc) is 2.44. The number of carboxylic acids is 1. The average molecular weight is 307 g/mol. The first kappa shape index (κ1) is 15.1. The largest absolute Gasteiger partial charge is 0.478 e. The van der Waals surface area contributed by atoms with Crippen LogP contribution >= 0.6 is 11.6 Å². The number of aryl methyl sites for hydroxylation is 1. The third-order valence-corrected chi connectivity index (χ3v) is 3.07. The molecule has 1 N–H and O–H groups in total. The van der Waals surface area contributed by atoms with Crippen molar-refractivity contribution in [3.63, 3.8) is 0 Å². The van der Waals surface area contributed by atoms with E-state index < -0.39 is 11.8 Å². The summed E-state index contributed by atoms with van der Waals surface area (Å²) in [5.41, 5.74) is 0.896. The summed E-state index contributed by atoms with van der Waals surface area (Å²) in [4.78, 5) is 10.6. The Kier molecular flexibility index (Phi) is 4.60. The van der Waals surface area contributed by atoms with Crippen molar-refractivity contribution in [2.75, 3.05) is 0 Å². The van der Waals surface area contributed by atoms with Gasteiger partial charge >= 0.3 is 5.97 Å². The van der Waals surface area contributed by atoms with Gasteiger partial charge in [-0.2, -0.15) is 0 Å². The van der Waals surface area contributed by atoms with Gasteiger partial charge in [0.2, 0.25) is 0 Å². The highest BCUT2D eigenvalue weighted by atomic mass is 35.5. The molecular weight excluding hydrogens is 295 g/mol. The molecule has 0 fully saturated rings. The number of hydrogen-bond donors (Lipinski definition) is 1. The number of benzene rings is 2. The molecule has 5 heteroatoms. The maximum absolute atomic E-state index is 14.0. The molecule has 0 aliphatic rings. The molecule has 0 aliphatic carbocycles. The van der Waals surface area contributed by atoms with Crippen molar-refractivity contribution < 1.29 is 19.0 Å². The van der Waals surface area contributed by atoms with E-state index >= 15 is 0 Å². The van der Waals surface area contributed by atoms with Gasteiger partial charge in [-0.1, -0.05) is 35.9 Å². The van der Waals surface area contributed by atoms with E-state index in [0.717, 1.165) is 6.08 Å². The normalized spacial score (nSPS) is 10.8. The number of carbonyl (C=O) groups is 1. The van der Waals surface area contributed by atoms with Gasteiger partial charge in [0, 0.05) is 11.6 Å². The van der Waals surface area contributed by atoms with Crippen molar-refractivity contribution in [1.29, 1.82) is 0 Å². The fourth-order valence-electron chi connectivity index (χ4n) is 1.73. The van der Waals surface area contributed by atoms with E-state index in [1.807, 2.05) is 0 Å². The maximum atomic E-state index is 14.0. The molecule has 0 aromatic heterocycles. The molecule has 21 heavy (non-hydrogen) atoms. The zero-order valence-electron chi connectivity index (χ0n) is 11.1. The van der Waals surface area contributed by atoms with Gasteiger partial charge in [0.25, 0.3) is 0 Å². The van der Waals surface area contributed by atoms with Gasteiger partial charge in [-0.15, -0.1) is 0 Å². The predicted octanol–water partition coefficient (Wildman–Crippen LogP) is 4.68. The Morgan fingerprint density at radius 2 is 2.00 bits per heavy atom. The fraction of sp³-hybridized carbons (Fsp3) is 0.0625. The maximum Gasteiger partial charge on any atom is 0.328 e. The van der Waals surface area contributed by atoms with Gasteiger partial charge in [0.05, 0.1) is 5.02 Å². The molecule has 0 amide bonds. The Labute approximate surface area is 126 Å². The zero-order valence-corrected chi connectivity index (χ0v) is 11.9. The highest BCUT2D eigenvalue weighted by molar-refractivity contribution is 6.32. The third-order valence-electron chi connectivity index (χ3n) is 2.77. The van der Waals surface area contributed by atoms with Crippen LogP contribution in [-0.2, 0) is 4.79 Å². The summed E-state index contributed by atoms with van der Waals surface area (Å²) in [5.74, 6) is -1.33. The first-order valence-corrected chi connectivity index (χ1v) is 6.49. The van der Waals surface area contributed by atoms with Gasteiger partial charge in [0.1, 0.15) is 0 Å². The smallest absolute Gasteiger partial charge is 0.328 e. The summed E-state index contributed by atoms with van der Waals surface area (Å²) in [6.45, 7) is 1.63. The first-order chi connectivity index (χ1) is 9.99. The van der Waals surface area contributed by atoms with Crippen LogP contribution in [0.25, 0.3) is 6.08 Å². The predicted molar refractivity (Wildman–Crippen MR) is 79.3 cm³/mol. The Bertz CT molecular complexity index is 711. The number of para-hydroxylation sites is 1. The van der Waals surface area contributed by atoms with Crippen LogP contribution < -0.4 is 4.74 Å². The Hall–Kier alpha value is -2.33. The summed E-state index contributed by atoms with van der Waals surface area (Å²) in [5, 5.41) is 8.95. The summed E-state index contributed by atoms with van der Waals surface area (Å²) < 4.78 is 19.5. The van der Waals surface area contributed by atoms with Gasteiger partial charge in [-0.3, -0.25) is 0 Å². The van der Waals surface area contributed by atoms with E-state index in [2.05, 4.69) is 0 Å². The lowest BCUT2D eigenvalue weighted by Crippen LogP contribution is -1.94. The molecule has 0 radical (unpaired) electrons. The van der Waals surface area contributed by atoms with Crippen LogP contribution in [0.1, 0.15) is 11.1 Å². The molecule has 0 bridgehead atoms. The molecule has 0 spiro atoms. The van der Waals surface area contributed by atoms with Crippen molar-refractivity contribution in [3.8, 4) is 11.5 Å². The summed E-state index contributed by atoms with van der Waals surface area (Å²) >= 11 is 6.06. The lowest BCUT2D eigenvalue weighted by atomic mass is 10.1. The lowest BCUT2D eigenvalue weighted by molar-refractivity contribution is -0.131. The highest BCUT2D eigenvalue weighted by Gasteiger charge is 2.12. The van der Waals surface area contributed by atoms with Crippen LogP contribution in [0.2, 0.25) is 5.02 Å². The minimum absolute atomic E-state index is 0.0353. The van der Waals surface area contributed by atoms with Crippen molar-refractivity contribution >= 4 is 23.6 Å². The van der Waals surface area contributed by atoms with Crippen molar-refractivity contribution in [1.82, 2.24) is 0 Å². The number of ether oxygens (including phenoxy) is 1. The number of hydrogen-bond acceptors (Lipinski definition) is 2. The minimum Gasteiger partial charge on any atom is -0.478 e. The van der Waals surface area contributed by atoms with E-state index in [4.69, 9.17) is 21.4 Å².